The van der Waals surface area contributed by atoms with Crippen LogP contribution in [0.3, 0.4) is 0 Å². The van der Waals surface area contributed by atoms with Gasteiger partial charge in [-0.1, -0.05) is 0 Å². The normalized spacial score (nSPS) is 17.7. The molecule has 124 valence electrons. The van der Waals surface area contributed by atoms with Gasteiger partial charge in [-0.05, 0) is 37.1 Å². The summed E-state index contributed by atoms with van der Waals surface area (Å²) in [5.74, 6) is 1.02. The van der Waals surface area contributed by atoms with E-state index in [1.807, 2.05) is 24.3 Å². The van der Waals surface area contributed by atoms with Gasteiger partial charge in [0.25, 0.3) is 5.91 Å². The first-order valence-electron chi connectivity index (χ1n) is 7.85. The number of hydrogen-bond acceptors (Lipinski definition) is 5. The first-order chi connectivity index (χ1) is 11.7. The molecule has 2 aromatic rings. The lowest BCUT2D eigenvalue weighted by atomic mass is 10.2. The average molecular weight is 327 g/mol. The fourth-order valence-electron chi connectivity index (χ4n) is 2.80. The fraction of sp³-hybridized carbons (Fsp3) is 0.353. The molecule has 1 aliphatic carbocycles. The number of benzene rings is 1. The summed E-state index contributed by atoms with van der Waals surface area (Å²) in [7, 11) is 1.60. The minimum atomic E-state index is -0.225. The Kier molecular flexibility index (Phi) is 3.48. The van der Waals surface area contributed by atoms with E-state index in [-0.39, 0.29) is 31.1 Å². The Morgan fingerprint density at radius 2 is 2.00 bits per heavy atom. The van der Waals surface area contributed by atoms with Crippen molar-refractivity contribution in [3.8, 4) is 17.2 Å². The Labute approximate surface area is 138 Å². The number of urea groups is 1. The molecule has 1 aliphatic heterocycles. The summed E-state index contributed by atoms with van der Waals surface area (Å²) in [4.78, 5) is 31.6. The number of rotatable bonds is 5. The van der Waals surface area contributed by atoms with Crippen molar-refractivity contribution in [1.82, 2.24) is 14.8 Å². The lowest BCUT2D eigenvalue weighted by molar-refractivity contribution is -0.125. The van der Waals surface area contributed by atoms with Gasteiger partial charge >= 0.3 is 6.03 Å². The highest BCUT2D eigenvalue weighted by molar-refractivity contribution is 6.02. The smallest absolute Gasteiger partial charge is 0.327 e. The maximum absolute atomic E-state index is 12.3. The van der Waals surface area contributed by atoms with Crippen molar-refractivity contribution in [2.24, 2.45) is 0 Å². The van der Waals surface area contributed by atoms with E-state index in [0.717, 1.165) is 24.2 Å². The molecule has 4 rings (SSSR count). The zero-order chi connectivity index (χ0) is 16.7. The number of amides is 3. The lowest BCUT2D eigenvalue weighted by Gasteiger charge is -2.15. The van der Waals surface area contributed by atoms with E-state index in [4.69, 9.17) is 9.15 Å². The summed E-state index contributed by atoms with van der Waals surface area (Å²) in [6.45, 7) is 0.313. The molecule has 24 heavy (non-hydrogen) atoms. The van der Waals surface area contributed by atoms with Crippen LogP contribution < -0.4 is 4.74 Å². The van der Waals surface area contributed by atoms with Crippen LogP contribution in [0.4, 0.5) is 4.79 Å². The molecular formula is C17H17N3O4. The molecule has 1 aromatic heterocycles. The fourth-order valence-corrected chi connectivity index (χ4v) is 2.80. The van der Waals surface area contributed by atoms with Gasteiger partial charge in [0.15, 0.2) is 0 Å². The van der Waals surface area contributed by atoms with Crippen molar-refractivity contribution in [3.63, 3.8) is 0 Å². The summed E-state index contributed by atoms with van der Waals surface area (Å²) >= 11 is 0. The molecule has 7 heteroatoms. The molecule has 2 fully saturated rings. The quantitative estimate of drug-likeness (QED) is 0.788. The van der Waals surface area contributed by atoms with Crippen LogP contribution >= 0.6 is 0 Å². The highest BCUT2D eigenvalue weighted by Crippen LogP contribution is 2.31. The Hall–Kier alpha value is -2.83. The van der Waals surface area contributed by atoms with E-state index >= 15 is 0 Å². The van der Waals surface area contributed by atoms with Crippen LogP contribution in [-0.2, 0) is 11.3 Å². The number of ether oxygens (including phenoxy) is 1. The van der Waals surface area contributed by atoms with Gasteiger partial charge in [-0.15, -0.1) is 0 Å². The van der Waals surface area contributed by atoms with E-state index in [1.165, 1.54) is 11.2 Å². The molecule has 3 amide bonds. The first kappa shape index (κ1) is 14.7. The second-order valence-corrected chi connectivity index (χ2v) is 5.99. The molecule has 0 atom stereocenters. The van der Waals surface area contributed by atoms with Gasteiger partial charge in [0.2, 0.25) is 5.89 Å². The predicted octanol–water partition coefficient (Wildman–Crippen LogP) is 2.28. The van der Waals surface area contributed by atoms with Gasteiger partial charge in [-0.2, -0.15) is 0 Å². The molecule has 0 N–H and O–H groups in total. The van der Waals surface area contributed by atoms with E-state index in [9.17, 15) is 9.59 Å². The van der Waals surface area contributed by atoms with Gasteiger partial charge in [0, 0.05) is 11.6 Å². The topological polar surface area (TPSA) is 75.9 Å². The van der Waals surface area contributed by atoms with E-state index in [0.29, 0.717) is 11.6 Å². The Morgan fingerprint density at radius 1 is 1.25 bits per heavy atom. The maximum Gasteiger partial charge on any atom is 0.327 e. The number of carbonyl (C=O) groups excluding carboxylic acids is 2. The Bertz CT molecular complexity index is 779. The van der Waals surface area contributed by atoms with Crippen LogP contribution in [0.15, 0.2) is 34.9 Å². The number of methoxy groups -OCH3 is 1. The largest absolute Gasteiger partial charge is 0.497 e. The van der Waals surface area contributed by atoms with Gasteiger partial charge < -0.3 is 14.1 Å². The molecule has 1 saturated carbocycles. The average Bonchev–Trinajstić information content (AvgIpc) is 3.28. The number of imide groups is 1. The number of carbonyl (C=O) groups is 2. The maximum atomic E-state index is 12.3. The zero-order valence-electron chi connectivity index (χ0n) is 13.3. The number of aromatic nitrogens is 1. The van der Waals surface area contributed by atoms with Gasteiger partial charge in [0.1, 0.15) is 18.6 Å². The minimum Gasteiger partial charge on any atom is -0.497 e. The minimum absolute atomic E-state index is 0.139. The van der Waals surface area contributed by atoms with Gasteiger partial charge in [0.05, 0.1) is 19.3 Å². The number of hydrogen-bond donors (Lipinski definition) is 0. The van der Waals surface area contributed by atoms with Crippen LogP contribution in [0.1, 0.15) is 18.5 Å². The van der Waals surface area contributed by atoms with Crippen molar-refractivity contribution in [1.29, 1.82) is 0 Å². The molecule has 0 unspecified atom stereocenters. The van der Waals surface area contributed by atoms with Gasteiger partial charge in [-0.3, -0.25) is 9.69 Å². The highest BCUT2D eigenvalue weighted by atomic mass is 16.5. The third-order valence-corrected chi connectivity index (χ3v) is 4.28. The molecule has 0 spiro atoms. The van der Waals surface area contributed by atoms with Crippen molar-refractivity contribution in [2.75, 3.05) is 13.7 Å². The monoisotopic (exact) mass is 327 g/mol. The standard InChI is InChI=1S/C17H17N3O4/c1-23-14-6-2-11(3-7-14)16-18-12(10-24-16)8-20-15(21)9-19(17(20)22)13-4-5-13/h2-3,6-7,10,13H,4-5,8-9H2,1H3. The van der Waals surface area contributed by atoms with Crippen LogP contribution in [0.25, 0.3) is 11.5 Å². The molecule has 2 heterocycles. The van der Waals surface area contributed by atoms with Crippen molar-refractivity contribution in [3.05, 3.63) is 36.2 Å². The van der Waals surface area contributed by atoms with Crippen LogP contribution in [0.5, 0.6) is 5.75 Å². The summed E-state index contributed by atoms with van der Waals surface area (Å²) < 4.78 is 10.6. The van der Waals surface area contributed by atoms with E-state index < -0.39 is 0 Å². The van der Waals surface area contributed by atoms with Crippen molar-refractivity contribution < 1.29 is 18.7 Å². The predicted molar refractivity (Wildman–Crippen MR) is 84.2 cm³/mol. The van der Waals surface area contributed by atoms with Gasteiger partial charge in [-0.25, -0.2) is 9.78 Å². The third-order valence-electron chi connectivity index (χ3n) is 4.28. The van der Waals surface area contributed by atoms with Crippen molar-refractivity contribution in [2.45, 2.75) is 25.4 Å². The highest BCUT2D eigenvalue weighted by Gasteiger charge is 2.43. The third kappa shape index (κ3) is 2.62. The molecule has 0 radical (unpaired) electrons. The van der Waals surface area contributed by atoms with E-state index in [2.05, 4.69) is 4.98 Å². The molecule has 2 aliphatic rings. The second-order valence-electron chi connectivity index (χ2n) is 5.99. The Balaban J connectivity index is 1.48. The Morgan fingerprint density at radius 3 is 2.67 bits per heavy atom. The van der Waals surface area contributed by atoms with Crippen LogP contribution in [-0.4, -0.2) is 46.4 Å². The summed E-state index contributed by atoms with van der Waals surface area (Å²) in [6, 6.07) is 7.33. The molecule has 1 aromatic carbocycles. The number of nitrogens with zero attached hydrogens (tertiary/aromatic N) is 3. The van der Waals surface area contributed by atoms with E-state index in [1.54, 1.807) is 12.0 Å². The van der Waals surface area contributed by atoms with Crippen LogP contribution in [0, 0.1) is 0 Å². The lowest BCUT2D eigenvalue weighted by Crippen LogP contribution is -2.33. The molecular weight excluding hydrogens is 310 g/mol. The number of oxazole rings is 1. The molecule has 7 nitrogen and oxygen atoms in total. The first-order valence-corrected chi connectivity index (χ1v) is 7.85. The molecule has 0 bridgehead atoms. The van der Waals surface area contributed by atoms with Crippen molar-refractivity contribution >= 4 is 11.9 Å². The zero-order valence-corrected chi connectivity index (χ0v) is 13.3. The second kappa shape index (κ2) is 5.67. The summed E-state index contributed by atoms with van der Waals surface area (Å²) in [5.41, 5.74) is 1.36. The SMILES string of the molecule is COc1ccc(-c2nc(CN3C(=O)CN(C4CC4)C3=O)co2)cc1. The van der Waals surface area contributed by atoms with Crippen LogP contribution in [0.2, 0.25) is 0 Å². The summed E-state index contributed by atoms with van der Waals surface area (Å²) in [6.07, 6.45) is 3.46. The summed E-state index contributed by atoms with van der Waals surface area (Å²) in [5, 5.41) is 0. The molecule has 1 saturated heterocycles.